The molecule has 0 saturated heterocycles. The van der Waals surface area contributed by atoms with Crippen LogP contribution >= 0.6 is 50.5 Å². The first-order valence-corrected chi connectivity index (χ1v) is 10.2. The summed E-state index contributed by atoms with van der Waals surface area (Å²) in [4.78, 5) is 29.6. The molecule has 0 unspecified atom stereocenters. The first-order valence-electron chi connectivity index (χ1n) is 7.87. The van der Waals surface area contributed by atoms with E-state index in [1.54, 1.807) is 12.1 Å². The van der Waals surface area contributed by atoms with Crippen LogP contribution in [0, 0.1) is 0 Å². The number of aliphatic carboxylic acids is 1. The number of para-hydroxylation sites is 1. The molecule has 0 radical (unpaired) electrons. The van der Waals surface area contributed by atoms with Gasteiger partial charge >= 0.3 is 5.97 Å². The molecule has 0 fully saturated rings. The minimum absolute atomic E-state index is 0.103. The van der Waals surface area contributed by atoms with E-state index < -0.39 is 5.97 Å². The van der Waals surface area contributed by atoms with Gasteiger partial charge in [-0.25, -0.2) is 4.98 Å². The highest BCUT2D eigenvalue weighted by molar-refractivity contribution is 9.10. The molecule has 1 amide bonds. The second kappa shape index (κ2) is 8.56. The maximum absolute atomic E-state index is 12.7. The van der Waals surface area contributed by atoms with Crippen LogP contribution in [0.1, 0.15) is 17.8 Å². The van der Waals surface area contributed by atoms with E-state index in [0.717, 1.165) is 9.17 Å². The lowest BCUT2D eigenvalue weighted by Crippen LogP contribution is -2.31. The summed E-state index contributed by atoms with van der Waals surface area (Å²) in [7, 11) is 0. The Labute approximate surface area is 177 Å². The van der Waals surface area contributed by atoms with Crippen molar-refractivity contribution in [1.82, 2.24) is 4.98 Å². The molecule has 9 heteroatoms. The van der Waals surface area contributed by atoms with E-state index in [9.17, 15) is 9.59 Å². The zero-order chi connectivity index (χ0) is 19.6. The van der Waals surface area contributed by atoms with Crippen LogP contribution in [0.25, 0.3) is 10.2 Å². The Morgan fingerprint density at radius 2 is 1.89 bits per heavy atom. The van der Waals surface area contributed by atoms with Crippen molar-refractivity contribution in [2.45, 2.75) is 19.4 Å². The molecule has 0 aliphatic carbocycles. The third-order valence-electron chi connectivity index (χ3n) is 3.79. The van der Waals surface area contributed by atoms with Gasteiger partial charge in [0, 0.05) is 10.9 Å². The number of hydrogen-bond acceptors (Lipinski definition) is 4. The molecule has 1 heterocycles. The van der Waals surface area contributed by atoms with E-state index in [0.29, 0.717) is 26.3 Å². The summed E-state index contributed by atoms with van der Waals surface area (Å²) in [5.41, 5.74) is 1.24. The maximum Gasteiger partial charge on any atom is 0.303 e. The van der Waals surface area contributed by atoms with Crippen molar-refractivity contribution in [3.05, 3.63) is 55.9 Å². The fraction of sp³-hybridized carbons (Fsp3) is 0.167. The van der Waals surface area contributed by atoms with Crippen molar-refractivity contribution in [2.24, 2.45) is 0 Å². The van der Waals surface area contributed by atoms with Crippen molar-refractivity contribution < 1.29 is 14.7 Å². The molecule has 3 aromatic rings. The fourth-order valence-corrected chi connectivity index (χ4v) is 4.39. The van der Waals surface area contributed by atoms with Gasteiger partial charge in [-0.1, -0.05) is 35.3 Å². The average Bonchev–Trinajstić information content (AvgIpc) is 3.05. The van der Waals surface area contributed by atoms with Crippen molar-refractivity contribution >= 4 is 78.2 Å². The quantitative estimate of drug-likeness (QED) is 0.479. The highest BCUT2D eigenvalue weighted by Crippen LogP contribution is 2.35. The zero-order valence-corrected chi connectivity index (χ0v) is 17.7. The molecule has 2 aromatic carbocycles. The minimum atomic E-state index is -1.02. The largest absolute Gasteiger partial charge is 0.481 e. The van der Waals surface area contributed by atoms with Gasteiger partial charge in [-0.3, -0.25) is 9.59 Å². The normalized spacial score (nSPS) is 10.9. The lowest BCUT2D eigenvalue weighted by Gasteiger charge is -2.23. The first kappa shape index (κ1) is 20.1. The number of rotatable bonds is 6. The summed E-state index contributed by atoms with van der Waals surface area (Å²) in [6, 6.07) is 10.8. The molecule has 0 aliphatic heterocycles. The predicted molar refractivity (Wildman–Crippen MR) is 112 cm³/mol. The number of carboxylic acids is 1. The van der Waals surface area contributed by atoms with Crippen molar-refractivity contribution in [3.63, 3.8) is 0 Å². The van der Waals surface area contributed by atoms with Gasteiger partial charge in [0.1, 0.15) is 10.5 Å². The number of carboxylic acid groups (broad SMARTS) is 1. The smallest absolute Gasteiger partial charge is 0.303 e. The molecule has 1 aromatic heterocycles. The summed E-state index contributed by atoms with van der Waals surface area (Å²) < 4.78 is 1.60. The van der Waals surface area contributed by atoms with Crippen molar-refractivity contribution in [1.29, 1.82) is 0 Å². The first-order chi connectivity index (χ1) is 12.9. The molecule has 27 heavy (non-hydrogen) atoms. The van der Waals surface area contributed by atoms with Gasteiger partial charge < -0.3 is 10.0 Å². The number of anilines is 1. The minimum Gasteiger partial charge on any atom is -0.481 e. The summed E-state index contributed by atoms with van der Waals surface area (Å²) in [5.74, 6) is -1.32. The number of carbonyl (C=O) groups is 2. The van der Waals surface area contributed by atoms with E-state index >= 15 is 0 Å². The van der Waals surface area contributed by atoms with Crippen LogP contribution in [0.4, 0.5) is 5.69 Å². The number of halogens is 3. The van der Waals surface area contributed by atoms with Crippen LogP contribution in [0.15, 0.2) is 40.9 Å². The van der Waals surface area contributed by atoms with Crippen molar-refractivity contribution in [2.75, 3.05) is 4.90 Å². The Hall–Kier alpha value is -1.67. The van der Waals surface area contributed by atoms with Gasteiger partial charge in [-0.15, -0.1) is 11.3 Å². The fourth-order valence-electron chi connectivity index (χ4n) is 2.51. The Morgan fingerprint density at radius 3 is 2.59 bits per heavy atom. The highest BCUT2D eigenvalue weighted by Gasteiger charge is 2.21. The standard InChI is InChI=1S/C18H13BrCl2N2O3S/c19-10-3-1-2-4-12(10)23(15(24)7-8-16(25)26)9-14-22-18-13(27-14)6-5-11(20)17(18)21/h1-6H,7-9H2,(H,25,26). The molecule has 0 aliphatic rings. The number of amides is 1. The average molecular weight is 488 g/mol. The monoisotopic (exact) mass is 486 g/mol. The second-order valence-electron chi connectivity index (χ2n) is 5.64. The Morgan fingerprint density at radius 1 is 1.15 bits per heavy atom. The second-order valence-corrected chi connectivity index (χ2v) is 8.40. The summed E-state index contributed by atoms with van der Waals surface area (Å²) in [5, 5.41) is 10.4. The lowest BCUT2D eigenvalue weighted by molar-refractivity contribution is -0.138. The van der Waals surface area contributed by atoms with Crippen molar-refractivity contribution in [3.8, 4) is 0 Å². The van der Waals surface area contributed by atoms with Gasteiger partial charge in [0.2, 0.25) is 5.91 Å². The summed E-state index contributed by atoms with van der Waals surface area (Å²) >= 11 is 17.1. The van der Waals surface area contributed by atoms with Crippen LogP contribution in [0.3, 0.4) is 0 Å². The van der Waals surface area contributed by atoms with Gasteiger partial charge in [-0.2, -0.15) is 0 Å². The van der Waals surface area contributed by atoms with Gasteiger partial charge in [0.05, 0.1) is 33.4 Å². The molecule has 0 atom stereocenters. The van der Waals surface area contributed by atoms with Crippen LogP contribution < -0.4 is 4.90 Å². The summed E-state index contributed by atoms with van der Waals surface area (Å²) in [6.45, 7) is 0.203. The predicted octanol–water partition coefficient (Wildman–Crippen LogP) is 5.76. The molecule has 0 spiro atoms. The van der Waals surface area contributed by atoms with Crippen LogP contribution in [-0.2, 0) is 16.1 Å². The zero-order valence-electron chi connectivity index (χ0n) is 13.8. The Kier molecular flexibility index (Phi) is 6.37. The Balaban J connectivity index is 1.96. The number of hydrogen-bond donors (Lipinski definition) is 1. The third-order valence-corrected chi connectivity index (χ3v) is 6.26. The molecule has 0 bridgehead atoms. The number of aromatic nitrogens is 1. The van der Waals surface area contributed by atoms with Crippen LogP contribution in [0.5, 0.6) is 0 Å². The Bertz CT molecular complexity index is 1030. The number of fused-ring (bicyclic) bond motifs is 1. The lowest BCUT2D eigenvalue weighted by atomic mass is 10.2. The van der Waals surface area contributed by atoms with Crippen LogP contribution in [0.2, 0.25) is 10.0 Å². The SMILES string of the molecule is O=C(O)CCC(=O)N(Cc1nc2c(Cl)c(Cl)ccc2s1)c1ccccc1Br. The van der Waals surface area contributed by atoms with E-state index in [1.165, 1.54) is 16.2 Å². The van der Waals surface area contributed by atoms with E-state index in [4.69, 9.17) is 28.3 Å². The number of benzene rings is 2. The van der Waals surface area contributed by atoms with E-state index in [2.05, 4.69) is 20.9 Å². The molecule has 5 nitrogen and oxygen atoms in total. The van der Waals surface area contributed by atoms with Gasteiger partial charge in [0.25, 0.3) is 0 Å². The molecule has 0 saturated carbocycles. The topological polar surface area (TPSA) is 70.5 Å². The van der Waals surface area contributed by atoms with E-state index in [-0.39, 0.29) is 25.3 Å². The molecule has 140 valence electrons. The molecule has 1 N–H and O–H groups in total. The maximum atomic E-state index is 12.7. The third kappa shape index (κ3) is 4.60. The number of carbonyl (C=O) groups excluding carboxylic acids is 1. The number of nitrogens with zero attached hydrogens (tertiary/aromatic N) is 2. The van der Waals surface area contributed by atoms with E-state index in [1.807, 2.05) is 24.3 Å². The van der Waals surface area contributed by atoms with Crippen LogP contribution in [-0.4, -0.2) is 22.0 Å². The summed E-state index contributed by atoms with van der Waals surface area (Å²) in [6.07, 6.45) is -0.338. The highest BCUT2D eigenvalue weighted by atomic mass is 79.9. The number of thiazole rings is 1. The van der Waals surface area contributed by atoms with Gasteiger partial charge in [0.15, 0.2) is 0 Å². The molecular formula is C18H13BrCl2N2O3S. The molecular weight excluding hydrogens is 475 g/mol. The molecule has 3 rings (SSSR count). The van der Waals surface area contributed by atoms with Gasteiger partial charge in [-0.05, 0) is 40.2 Å².